The SMILES string of the molecule is CC(N)Cc1cccc(N2N=CC(C)C2=O)c1. The third-order valence-corrected chi connectivity index (χ3v) is 2.72. The number of carbonyl (C=O) groups is 1. The normalized spacial score (nSPS) is 21.0. The van der Waals surface area contributed by atoms with Crippen molar-refractivity contribution in [3.63, 3.8) is 0 Å². The van der Waals surface area contributed by atoms with E-state index < -0.39 is 0 Å². The number of hydrogen-bond acceptors (Lipinski definition) is 3. The van der Waals surface area contributed by atoms with E-state index in [0.717, 1.165) is 17.7 Å². The third kappa shape index (κ3) is 2.53. The van der Waals surface area contributed by atoms with Gasteiger partial charge in [0.2, 0.25) is 0 Å². The average molecular weight is 231 g/mol. The van der Waals surface area contributed by atoms with E-state index in [-0.39, 0.29) is 17.9 Å². The lowest BCUT2D eigenvalue weighted by molar-refractivity contribution is -0.119. The lowest BCUT2D eigenvalue weighted by Gasteiger charge is -2.14. The summed E-state index contributed by atoms with van der Waals surface area (Å²) < 4.78 is 0. The van der Waals surface area contributed by atoms with Crippen molar-refractivity contribution in [3.05, 3.63) is 29.8 Å². The number of anilines is 1. The molecule has 0 saturated heterocycles. The largest absolute Gasteiger partial charge is 0.328 e. The smallest absolute Gasteiger partial charge is 0.255 e. The van der Waals surface area contributed by atoms with Crippen LogP contribution < -0.4 is 10.7 Å². The van der Waals surface area contributed by atoms with Gasteiger partial charge in [0.25, 0.3) is 5.91 Å². The molecule has 2 N–H and O–H groups in total. The highest BCUT2D eigenvalue weighted by atomic mass is 16.2. The summed E-state index contributed by atoms with van der Waals surface area (Å²) in [6, 6.07) is 7.91. The molecular formula is C13H17N3O. The van der Waals surface area contributed by atoms with Gasteiger partial charge in [-0.1, -0.05) is 12.1 Å². The van der Waals surface area contributed by atoms with E-state index in [0.29, 0.717) is 0 Å². The minimum Gasteiger partial charge on any atom is -0.328 e. The lowest BCUT2D eigenvalue weighted by atomic mass is 10.1. The van der Waals surface area contributed by atoms with Gasteiger partial charge < -0.3 is 5.73 Å². The topological polar surface area (TPSA) is 58.7 Å². The Morgan fingerprint density at radius 2 is 2.29 bits per heavy atom. The van der Waals surface area contributed by atoms with E-state index in [4.69, 9.17) is 5.73 Å². The Labute approximate surface area is 101 Å². The molecule has 1 amide bonds. The first-order valence-corrected chi connectivity index (χ1v) is 5.80. The summed E-state index contributed by atoms with van der Waals surface area (Å²) in [5.74, 6) is -0.116. The van der Waals surface area contributed by atoms with Crippen LogP contribution in [0.1, 0.15) is 19.4 Å². The van der Waals surface area contributed by atoms with Gasteiger partial charge in [0.1, 0.15) is 0 Å². The van der Waals surface area contributed by atoms with Gasteiger partial charge in [-0.05, 0) is 38.0 Å². The van der Waals surface area contributed by atoms with Crippen LogP contribution >= 0.6 is 0 Å². The van der Waals surface area contributed by atoms with E-state index in [1.54, 1.807) is 6.21 Å². The second-order valence-corrected chi connectivity index (χ2v) is 4.55. The molecule has 0 radical (unpaired) electrons. The number of hydrogen-bond donors (Lipinski definition) is 1. The predicted molar refractivity (Wildman–Crippen MR) is 68.9 cm³/mol. The number of benzene rings is 1. The Morgan fingerprint density at radius 1 is 1.53 bits per heavy atom. The molecule has 0 bridgehead atoms. The molecule has 0 aromatic heterocycles. The van der Waals surface area contributed by atoms with Gasteiger partial charge in [-0.3, -0.25) is 4.79 Å². The molecule has 0 saturated carbocycles. The Hall–Kier alpha value is -1.68. The van der Waals surface area contributed by atoms with Crippen molar-refractivity contribution in [2.75, 3.05) is 5.01 Å². The predicted octanol–water partition coefficient (Wildman–Crippen LogP) is 1.54. The van der Waals surface area contributed by atoms with Gasteiger partial charge in [0, 0.05) is 12.3 Å². The summed E-state index contributed by atoms with van der Waals surface area (Å²) >= 11 is 0. The molecule has 1 heterocycles. The van der Waals surface area contributed by atoms with Crippen molar-refractivity contribution >= 4 is 17.8 Å². The standard InChI is InChI=1S/C13H17N3O/c1-9-8-15-16(13(9)17)12-5-3-4-11(7-12)6-10(2)14/h3-5,7-10H,6,14H2,1-2H3. The summed E-state index contributed by atoms with van der Waals surface area (Å²) in [4.78, 5) is 11.8. The summed E-state index contributed by atoms with van der Waals surface area (Å²) in [5, 5.41) is 5.57. The van der Waals surface area contributed by atoms with Gasteiger partial charge in [0.15, 0.2) is 0 Å². The number of carbonyl (C=O) groups excluding carboxylic acids is 1. The van der Waals surface area contributed by atoms with Crippen LogP contribution in [0, 0.1) is 5.92 Å². The first-order chi connectivity index (χ1) is 8.08. The number of nitrogens with zero attached hydrogens (tertiary/aromatic N) is 2. The molecule has 2 unspecified atom stereocenters. The van der Waals surface area contributed by atoms with Gasteiger partial charge in [-0.15, -0.1) is 0 Å². The molecule has 2 atom stereocenters. The number of amides is 1. The Balaban J connectivity index is 2.22. The van der Waals surface area contributed by atoms with Crippen LogP contribution in [0.4, 0.5) is 5.69 Å². The fraction of sp³-hybridized carbons (Fsp3) is 0.385. The maximum atomic E-state index is 11.8. The van der Waals surface area contributed by atoms with Gasteiger partial charge in [-0.25, -0.2) is 5.01 Å². The van der Waals surface area contributed by atoms with E-state index in [9.17, 15) is 4.79 Å². The second kappa shape index (κ2) is 4.67. The number of rotatable bonds is 3. The van der Waals surface area contributed by atoms with E-state index in [1.165, 1.54) is 5.01 Å². The lowest BCUT2D eigenvalue weighted by Crippen LogP contribution is -2.24. The average Bonchev–Trinajstić information content (AvgIpc) is 2.59. The highest BCUT2D eigenvalue weighted by Crippen LogP contribution is 2.22. The zero-order valence-electron chi connectivity index (χ0n) is 10.1. The third-order valence-electron chi connectivity index (χ3n) is 2.72. The van der Waals surface area contributed by atoms with Crippen LogP contribution in [0.2, 0.25) is 0 Å². The van der Waals surface area contributed by atoms with Crippen LogP contribution in [0.3, 0.4) is 0 Å². The minimum atomic E-state index is -0.132. The maximum Gasteiger partial charge on any atom is 0.255 e. The molecule has 90 valence electrons. The van der Waals surface area contributed by atoms with E-state index >= 15 is 0 Å². The number of hydrazone groups is 1. The minimum absolute atomic E-state index is 0.0166. The summed E-state index contributed by atoms with van der Waals surface area (Å²) in [5.41, 5.74) is 7.71. The molecule has 1 aliphatic heterocycles. The molecule has 1 aliphatic rings. The van der Waals surface area contributed by atoms with Crippen LogP contribution in [0.5, 0.6) is 0 Å². The van der Waals surface area contributed by atoms with Gasteiger partial charge in [0.05, 0.1) is 11.6 Å². The van der Waals surface area contributed by atoms with E-state index in [1.807, 2.05) is 38.1 Å². The first kappa shape index (κ1) is 11.8. The zero-order valence-corrected chi connectivity index (χ0v) is 10.1. The van der Waals surface area contributed by atoms with Crippen molar-refractivity contribution in [3.8, 4) is 0 Å². The van der Waals surface area contributed by atoms with Crippen molar-refractivity contribution < 1.29 is 4.79 Å². The molecule has 1 aromatic carbocycles. The maximum absolute atomic E-state index is 11.8. The molecular weight excluding hydrogens is 214 g/mol. The highest BCUT2D eigenvalue weighted by molar-refractivity contribution is 6.07. The molecule has 0 fully saturated rings. The molecule has 0 spiro atoms. The molecule has 4 heteroatoms. The Bertz CT molecular complexity index is 454. The Kier molecular flexibility index (Phi) is 3.24. The molecule has 1 aromatic rings. The fourth-order valence-electron chi connectivity index (χ4n) is 1.86. The van der Waals surface area contributed by atoms with Crippen molar-refractivity contribution in [2.45, 2.75) is 26.3 Å². The second-order valence-electron chi connectivity index (χ2n) is 4.55. The summed E-state index contributed by atoms with van der Waals surface area (Å²) in [7, 11) is 0. The van der Waals surface area contributed by atoms with E-state index in [2.05, 4.69) is 5.10 Å². The zero-order chi connectivity index (χ0) is 12.4. The quantitative estimate of drug-likeness (QED) is 0.858. The monoisotopic (exact) mass is 231 g/mol. The van der Waals surface area contributed by atoms with Crippen molar-refractivity contribution in [1.82, 2.24) is 0 Å². The summed E-state index contributed by atoms with van der Waals surface area (Å²) in [6.45, 7) is 3.81. The molecule has 4 nitrogen and oxygen atoms in total. The van der Waals surface area contributed by atoms with Gasteiger partial charge in [-0.2, -0.15) is 5.10 Å². The fourth-order valence-corrected chi connectivity index (χ4v) is 1.86. The molecule has 0 aliphatic carbocycles. The molecule has 17 heavy (non-hydrogen) atoms. The molecule has 2 rings (SSSR count). The van der Waals surface area contributed by atoms with Crippen molar-refractivity contribution in [2.24, 2.45) is 16.8 Å². The van der Waals surface area contributed by atoms with Crippen LogP contribution in [0.15, 0.2) is 29.4 Å². The summed E-state index contributed by atoms with van der Waals surface area (Å²) in [6.07, 6.45) is 2.47. The van der Waals surface area contributed by atoms with Crippen LogP contribution in [-0.2, 0) is 11.2 Å². The Morgan fingerprint density at radius 3 is 2.88 bits per heavy atom. The first-order valence-electron chi connectivity index (χ1n) is 5.80. The van der Waals surface area contributed by atoms with Crippen molar-refractivity contribution in [1.29, 1.82) is 0 Å². The van der Waals surface area contributed by atoms with Crippen LogP contribution in [-0.4, -0.2) is 18.2 Å². The highest BCUT2D eigenvalue weighted by Gasteiger charge is 2.25. The van der Waals surface area contributed by atoms with Crippen LogP contribution in [0.25, 0.3) is 0 Å². The number of nitrogens with two attached hydrogens (primary N) is 1. The van der Waals surface area contributed by atoms with Gasteiger partial charge >= 0.3 is 0 Å².